The fourth-order valence-electron chi connectivity index (χ4n) is 3.95. The van der Waals surface area contributed by atoms with Crippen LogP contribution in [0.1, 0.15) is 36.1 Å². The van der Waals surface area contributed by atoms with Crippen molar-refractivity contribution < 1.29 is 9.90 Å². The van der Waals surface area contributed by atoms with Gasteiger partial charge in [-0.1, -0.05) is 6.07 Å². The number of carbonyl (C=O) groups excluding carboxylic acids is 1. The van der Waals surface area contributed by atoms with E-state index in [1.54, 1.807) is 13.0 Å². The molecule has 1 aromatic carbocycles. The fraction of sp³-hybridized carbons (Fsp3) is 0.318. The van der Waals surface area contributed by atoms with Gasteiger partial charge < -0.3 is 10.0 Å². The number of fused-ring (bicyclic) bond motifs is 1. The summed E-state index contributed by atoms with van der Waals surface area (Å²) < 4.78 is 0. The lowest BCUT2D eigenvalue weighted by Gasteiger charge is -2.14. The van der Waals surface area contributed by atoms with E-state index in [0.29, 0.717) is 12.2 Å². The Kier molecular flexibility index (Phi) is 4.30. The van der Waals surface area contributed by atoms with Crippen LogP contribution in [-0.4, -0.2) is 39.0 Å². The summed E-state index contributed by atoms with van der Waals surface area (Å²) in [7, 11) is 0. The zero-order valence-corrected chi connectivity index (χ0v) is 15.9. The van der Waals surface area contributed by atoms with Crippen LogP contribution in [0.4, 0.5) is 0 Å². The Morgan fingerprint density at radius 2 is 1.93 bits per heavy atom. The van der Waals surface area contributed by atoms with Gasteiger partial charge in [-0.05, 0) is 61.7 Å². The predicted molar refractivity (Wildman–Crippen MR) is 106 cm³/mol. The first-order valence-corrected chi connectivity index (χ1v) is 9.26. The molecule has 3 heterocycles. The molecule has 1 saturated heterocycles. The van der Waals surface area contributed by atoms with Crippen molar-refractivity contribution in [2.45, 2.75) is 33.1 Å². The number of hydrogen-bond acceptors (Lipinski definition) is 4. The van der Waals surface area contributed by atoms with Crippen molar-refractivity contribution in [1.29, 1.82) is 0 Å². The highest BCUT2D eigenvalue weighted by Crippen LogP contribution is 2.33. The molecule has 0 radical (unpaired) electrons. The average Bonchev–Trinajstić information content (AvgIpc) is 3.10. The van der Waals surface area contributed by atoms with Crippen LogP contribution in [0.5, 0.6) is 5.75 Å². The first-order valence-electron chi connectivity index (χ1n) is 9.26. The normalized spacial score (nSPS) is 16.9. The van der Waals surface area contributed by atoms with E-state index >= 15 is 0 Å². The summed E-state index contributed by atoms with van der Waals surface area (Å²) >= 11 is 0. The van der Waals surface area contributed by atoms with Crippen molar-refractivity contribution in [3.63, 3.8) is 0 Å². The minimum atomic E-state index is 0.115. The molecule has 0 aliphatic carbocycles. The largest absolute Gasteiger partial charge is 0.507 e. The number of aromatic hydroxyl groups is 1. The molecule has 27 heavy (non-hydrogen) atoms. The maximum atomic E-state index is 11.6. The van der Waals surface area contributed by atoms with Crippen LogP contribution in [0.2, 0.25) is 0 Å². The first kappa shape index (κ1) is 17.5. The summed E-state index contributed by atoms with van der Waals surface area (Å²) in [5.74, 6) is 0.602. The summed E-state index contributed by atoms with van der Waals surface area (Å²) in [4.78, 5) is 23.0. The molecule has 3 aromatic rings. The van der Waals surface area contributed by atoms with Gasteiger partial charge in [0.1, 0.15) is 5.75 Å². The number of aromatic nitrogens is 2. The Labute approximate surface area is 158 Å². The molecule has 1 N–H and O–H groups in total. The number of amides is 1. The molecule has 5 nitrogen and oxygen atoms in total. The van der Waals surface area contributed by atoms with Gasteiger partial charge in [-0.3, -0.25) is 4.79 Å². The lowest BCUT2D eigenvalue weighted by molar-refractivity contribution is -0.127. The van der Waals surface area contributed by atoms with Gasteiger partial charge in [0.2, 0.25) is 5.91 Å². The van der Waals surface area contributed by atoms with Crippen molar-refractivity contribution >= 4 is 16.9 Å². The number of aryl methyl sites for hydroxylation is 2. The van der Waals surface area contributed by atoms with Crippen LogP contribution in [0.3, 0.4) is 0 Å². The van der Waals surface area contributed by atoms with E-state index < -0.39 is 0 Å². The maximum absolute atomic E-state index is 11.6. The zero-order chi connectivity index (χ0) is 19.1. The number of rotatable bonds is 2. The van der Waals surface area contributed by atoms with E-state index in [2.05, 4.69) is 0 Å². The van der Waals surface area contributed by atoms with Crippen LogP contribution >= 0.6 is 0 Å². The standard InChI is InChI=1S/C22H23N3O2/c1-13-10-14(2)21(20(27)11-13)19-7-5-16-4-6-18(23-22(16)24-19)17-8-9-25(12-17)15(3)26/h4-7,10-11,17,27H,8-9,12H2,1-3H3. The van der Waals surface area contributed by atoms with E-state index in [4.69, 9.17) is 9.97 Å². The molecule has 1 aliphatic rings. The molecular formula is C22H23N3O2. The summed E-state index contributed by atoms with van der Waals surface area (Å²) in [5.41, 5.74) is 5.12. The lowest BCUT2D eigenvalue weighted by Crippen LogP contribution is -2.25. The maximum Gasteiger partial charge on any atom is 0.219 e. The van der Waals surface area contributed by atoms with E-state index in [1.807, 2.05) is 49.1 Å². The van der Waals surface area contributed by atoms with Gasteiger partial charge in [0.15, 0.2) is 5.65 Å². The van der Waals surface area contributed by atoms with Crippen LogP contribution in [0, 0.1) is 13.8 Å². The number of phenols is 1. The molecule has 5 heteroatoms. The van der Waals surface area contributed by atoms with Gasteiger partial charge in [0.25, 0.3) is 0 Å². The Morgan fingerprint density at radius 1 is 1.15 bits per heavy atom. The number of pyridine rings is 2. The molecule has 1 unspecified atom stereocenters. The second-order valence-electron chi connectivity index (χ2n) is 7.41. The van der Waals surface area contributed by atoms with Gasteiger partial charge in [-0.2, -0.15) is 0 Å². The average molecular weight is 361 g/mol. The minimum Gasteiger partial charge on any atom is -0.507 e. The highest BCUT2D eigenvalue weighted by atomic mass is 16.3. The predicted octanol–water partition coefficient (Wildman–Crippen LogP) is 3.96. The second kappa shape index (κ2) is 6.65. The highest BCUT2D eigenvalue weighted by molar-refractivity contribution is 5.81. The van der Waals surface area contributed by atoms with Crippen LogP contribution in [-0.2, 0) is 4.79 Å². The number of carbonyl (C=O) groups is 1. The van der Waals surface area contributed by atoms with Crippen LogP contribution in [0.25, 0.3) is 22.3 Å². The SMILES string of the molecule is CC(=O)N1CCC(c2ccc3ccc(-c4c(C)cc(C)cc4O)nc3n2)C1. The van der Waals surface area contributed by atoms with Crippen molar-refractivity contribution in [3.05, 3.63) is 53.2 Å². The van der Waals surface area contributed by atoms with E-state index in [-0.39, 0.29) is 17.6 Å². The molecule has 0 bridgehead atoms. The van der Waals surface area contributed by atoms with Crippen molar-refractivity contribution in [1.82, 2.24) is 14.9 Å². The second-order valence-corrected chi connectivity index (χ2v) is 7.41. The molecule has 0 saturated carbocycles. The van der Waals surface area contributed by atoms with Crippen molar-refractivity contribution in [2.24, 2.45) is 0 Å². The summed E-state index contributed by atoms with van der Waals surface area (Å²) in [5, 5.41) is 11.4. The van der Waals surface area contributed by atoms with E-state index in [9.17, 15) is 9.90 Å². The third-order valence-electron chi connectivity index (χ3n) is 5.34. The van der Waals surface area contributed by atoms with Crippen LogP contribution in [0.15, 0.2) is 36.4 Å². The van der Waals surface area contributed by atoms with Gasteiger partial charge >= 0.3 is 0 Å². The van der Waals surface area contributed by atoms with Gasteiger partial charge in [0, 0.05) is 42.6 Å². The number of likely N-dealkylation sites (tertiary alicyclic amines) is 1. The topological polar surface area (TPSA) is 66.3 Å². The monoisotopic (exact) mass is 361 g/mol. The third-order valence-corrected chi connectivity index (χ3v) is 5.34. The van der Waals surface area contributed by atoms with E-state index in [0.717, 1.165) is 46.4 Å². The van der Waals surface area contributed by atoms with Crippen molar-refractivity contribution in [2.75, 3.05) is 13.1 Å². The minimum absolute atomic E-state index is 0.115. The Morgan fingerprint density at radius 3 is 2.63 bits per heavy atom. The molecule has 4 rings (SSSR count). The molecule has 2 aromatic heterocycles. The molecular weight excluding hydrogens is 338 g/mol. The van der Waals surface area contributed by atoms with E-state index in [1.165, 1.54) is 0 Å². The Balaban J connectivity index is 1.73. The van der Waals surface area contributed by atoms with Crippen LogP contribution < -0.4 is 0 Å². The molecule has 1 atom stereocenters. The molecule has 1 fully saturated rings. The number of phenolic OH excluding ortho intramolecular Hbond substituents is 1. The summed E-state index contributed by atoms with van der Waals surface area (Å²) in [6, 6.07) is 11.8. The number of benzene rings is 1. The summed E-state index contributed by atoms with van der Waals surface area (Å²) in [6.07, 6.45) is 0.926. The number of nitrogens with zero attached hydrogens (tertiary/aromatic N) is 3. The highest BCUT2D eigenvalue weighted by Gasteiger charge is 2.26. The molecule has 138 valence electrons. The van der Waals surface area contributed by atoms with Gasteiger partial charge in [-0.25, -0.2) is 9.97 Å². The fourth-order valence-corrected chi connectivity index (χ4v) is 3.95. The first-order chi connectivity index (χ1) is 12.9. The smallest absolute Gasteiger partial charge is 0.219 e. The van der Waals surface area contributed by atoms with Crippen molar-refractivity contribution in [3.8, 4) is 17.0 Å². The zero-order valence-electron chi connectivity index (χ0n) is 15.9. The Bertz CT molecular complexity index is 1020. The quantitative estimate of drug-likeness (QED) is 0.750. The number of hydrogen-bond donors (Lipinski definition) is 1. The van der Waals surface area contributed by atoms with Gasteiger partial charge in [-0.15, -0.1) is 0 Å². The third kappa shape index (κ3) is 3.25. The lowest BCUT2D eigenvalue weighted by atomic mass is 10.0. The summed E-state index contributed by atoms with van der Waals surface area (Å²) in [6.45, 7) is 7.05. The molecule has 1 aliphatic heterocycles. The molecule has 0 spiro atoms. The van der Waals surface area contributed by atoms with Gasteiger partial charge in [0.05, 0.1) is 5.69 Å². The Hall–Kier alpha value is -2.95. The molecule has 1 amide bonds.